The second-order valence-electron chi connectivity index (χ2n) is 6.19. The van der Waals surface area contributed by atoms with Crippen LogP contribution in [0.5, 0.6) is 0 Å². The highest BCUT2D eigenvalue weighted by Crippen LogP contribution is 2.50. The Morgan fingerprint density at radius 2 is 2.11 bits per heavy atom. The molecule has 0 aliphatic heterocycles. The molecule has 0 bridgehead atoms. The minimum absolute atomic E-state index is 0.0525. The van der Waals surface area contributed by atoms with Crippen LogP contribution in [0.3, 0.4) is 0 Å². The molecule has 2 nitrogen and oxygen atoms in total. The first-order valence-electron chi connectivity index (χ1n) is 6.81. The van der Waals surface area contributed by atoms with Crippen molar-refractivity contribution in [2.75, 3.05) is 6.61 Å². The molecule has 1 aliphatic carbocycles. The molecule has 0 spiro atoms. The van der Waals surface area contributed by atoms with Crippen LogP contribution in [0.25, 0.3) is 0 Å². The van der Waals surface area contributed by atoms with E-state index in [1.165, 1.54) is 11.1 Å². The lowest BCUT2D eigenvalue weighted by Gasteiger charge is -2.20. The van der Waals surface area contributed by atoms with E-state index in [-0.39, 0.29) is 17.3 Å². The Balaban J connectivity index is 2.14. The molecule has 1 aromatic rings. The van der Waals surface area contributed by atoms with Crippen LogP contribution in [0.2, 0.25) is 0 Å². The van der Waals surface area contributed by atoms with Crippen LogP contribution in [-0.2, 0) is 14.9 Å². The maximum Gasteiger partial charge on any atom is 0.309 e. The van der Waals surface area contributed by atoms with Crippen molar-refractivity contribution >= 4 is 21.9 Å². The van der Waals surface area contributed by atoms with E-state index < -0.39 is 0 Å². The Kier molecular flexibility index (Phi) is 4.05. The summed E-state index contributed by atoms with van der Waals surface area (Å²) in [5, 5.41) is 0. The zero-order valence-electron chi connectivity index (χ0n) is 12.0. The van der Waals surface area contributed by atoms with E-state index in [1.807, 2.05) is 6.92 Å². The molecule has 2 atom stereocenters. The number of hydrogen-bond acceptors (Lipinski definition) is 2. The Morgan fingerprint density at radius 3 is 2.63 bits per heavy atom. The van der Waals surface area contributed by atoms with Crippen LogP contribution >= 0.6 is 15.9 Å². The maximum absolute atomic E-state index is 11.7. The topological polar surface area (TPSA) is 26.3 Å². The van der Waals surface area contributed by atoms with E-state index in [0.29, 0.717) is 12.5 Å². The van der Waals surface area contributed by atoms with Crippen LogP contribution in [0.15, 0.2) is 22.7 Å². The van der Waals surface area contributed by atoms with Crippen molar-refractivity contribution < 1.29 is 9.53 Å². The molecule has 104 valence electrons. The average molecular weight is 325 g/mol. The van der Waals surface area contributed by atoms with Gasteiger partial charge in [0, 0.05) is 4.47 Å². The third-order valence-electron chi connectivity index (χ3n) is 3.65. The van der Waals surface area contributed by atoms with Crippen LogP contribution in [0, 0.1) is 5.92 Å². The summed E-state index contributed by atoms with van der Waals surface area (Å²) in [5.74, 6) is 0.318. The number of hydrogen-bond donors (Lipinski definition) is 0. The lowest BCUT2D eigenvalue weighted by Crippen LogP contribution is -2.11. The van der Waals surface area contributed by atoms with Crippen molar-refractivity contribution in [3.05, 3.63) is 33.8 Å². The SMILES string of the molecule is CCOC(=O)C1CC1c1ccc(C(C)(C)C)cc1Br. The monoisotopic (exact) mass is 324 g/mol. The van der Waals surface area contributed by atoms with Crippen molar-refractivity contribution in [3.63, 3.8) is 0 Å². The summed E-state index contributed by atoms with van der Waals surface area (Å²) >= 11 is 3.64. The summed E-state index contributed by atoms with van der Waals surface area (Å²) in [6.45, 7) is 8.92. The Morgan fingerprint density at radius 1 is 1.42 bits per heavy atom. The van der Waals surface area contributed by atoms with E-state index in [1.54, 1.807) is 0 Å². The number of esters is 1. The second kappa shape index (κ2) is 5.28. The summed E-state index contributed by atoms with van der Waals surface area (Å²) in [5.41, 5.74) is 2.67. The van der Waals surface area contributed by atoms with Gasteiger partial charge in [-0.3, -0.25) is 4.79 Å². The van der Waals surface area contributed by atoms with Gasteiger partial charge in [0.1, 0.15) is 0 Å². The summed E-state index contributed by atoms with van der Waals surface area (Å²) in [6, 6.07) is 6.49. The first-order valence-corrected chi connectivity index (χ1v) is 7.60. The predicted molar refractivity (Wildman–Crippen MR) is 80.3 cm³/mol. The highest BCUT2D eigenvalue weighted by molar-refractivity contribution is 9.10. The molecule has 0 aromatic heterocycles. The lowest BCUT2D eigenvalue weighted by atomic mass is 9.86. The van der Waals surface area contributed by atoms with Crippen LogP contribution in [-0.4, -0.2) is 12.6 Å². The van der Waals surface area contributed by atoms with E-state index in [9.17, 15) is 4.79 Å². The number of carbonyl (C=O) groups excluding carboxylic acids is 1. The van der Waals surface area contributed by atoms with Gasteiger partial charge in [0.05, 0.1) is 12.5 Å². The van der Waals surface area contributed by atoms with E-state index in [0.717, 1.165) is 10.9 Å². The fourth-order valence-corrected chi connectivity index (χ4v) is 3.02. The summed E-state index contributed by atoms with van der Waals surface area (Å²) in [7, 11) is 0. The van der Waals surface area contributed by atoms with Gasteiger partial charge in [-0.25, -0.2) is 0 Å². The first-order chi connectivity index (χ1) is 8.84. The Hall–Kier alpha value is -0.830. The molecule has 2 unspecified atom stereocenters. The lowest BCUT2D eigenvalue weighted by molar-refractivity contribution is -0.144. The number of carbonyl (C=O) groups is 1. The van der Waals surface area contributed by atoms with Crippen molar-refractivity contribution in [3.8, 4) is 0 Å². The zero-order valence-corrected chi connectivity index (χ0v) is 13.6. The normalized spacial score (nSPS) is 22.2. The second-order valence-corrected chi connectivity index (χ2v) is 7.04. The van der Waals surface area contributed by atoms with Gasteiger partial charge in [-0.1, -0.05) is 48.8 Å². The molecule has 0 radical (unpaired) electrons. The summed E-state index contributed by atoms with van der Waals surface area (Å²) in [4.78, 5) is 11.7. The van der Waals surface area contributed by atoms with Gasteiger partial charge in [0.15, 0.2) is 0 Å². The molecule has 1 fully saturated rings. The molecule has 0 N–H and O–H groups in total. The maximum atomic E-state index is 11.7. The average Bonchev–Trinajstić information content (AvgIpc) is 3.08. The van der Waals surface area contributed by atoms with Gasteiger partial charge in [0.25, 0.3) is 0 Å². The molecule has 3 heteroatoms. The third-order valence-corrected chi connectivity index (χ3v) is 4.33. The minimum Gasteiger partial charge on any atom is -0.466 e. The van der Waals surface area contributed by atoms with Crippen LogP contribution in [0.1, 0.15) is 51.2 Å². The quantitative estimate of drug-likeness (QED) is 0.769. The molecular weight excluding hydrogens is 304 g/mol. The highest BCUT2D eigenvalue weighted by Gasteiger charge is 2.45. The number of halogens is 1. The molecule has 1 saturated carbocycles. The number of benzene rings is 1. The minimum atomic E-state index is -0.0562. The molecule has 1 aromatic carbocycles. The number of rotatable bonds is 3. The van der Waals surface area contributed by atoms with Gasteiger partial charge in [0.2, 0.25) is 0 Å². The zero-order chi connectivity index (χ0) is 14.2. The molecule has 0 saturated heterocycles. The summed E-state index contributed by atoms with van der Waals surface area (Å²) < 4.78 is 6.19. The molecule has 0 heterocycles. The number of ether oxygens (including phenoxy) is 1. The van der Waals surface area contributed by atoms with Crippen molar-refractivity contribution in [2.45, 2.75) is 45.4 Å². The van der Waals surface area contributed by atoms with Crippen LogP contribution < -0.4 is 0 Å². The first kappa shape index (κ1) is 14.6. The molecule has 2 rings (SSSR count). The standard InChI is InChI=1S/C16H21BrO2/c1-5-19-15(18)13-9-12(13)11-7-6-10(8-14(11)17)16(2,3)4/h6-8,12-13H,5,9H2,1-4H3. The fraction of sp³-hybridized carbons (Fsp3) is 0.562. The van der Waals surface area contributed by atoms with Crippen molar-refractivity contribution in [1.29, 1.82) is 0 Å². The predicted octanol–water partition coefficient (Wildman–Crippen LogP) is 4.41. The highest BCUT2D eigenvalue weighted by atomic mass is 79.9. The van der Waals surface area contributed by atoms with E-state index >= 15 is 0 Å². The smallest absolute Gasteiger partial charge is 0.309 e. The van der Waals surface area contributed by atoms with Gasteiger partial charge in [-0.05, 0) is 41.9 Å². The Labute approximate surface area is 123 Å². The van der Waals surface area contributed by atoms with Crippen LogP contribution in [0.4, 0.5) is 0 Å². The Bertz CT molecular complexity index is 488. The molecular formula is C16H21BrO2. The van der Waals surface area contributed by atoms with Gasteiger partial charge < -0.3 is 4.74 Å². The van der Waals surface area contributed by atoms with Crippen molar-refractivity contribution in [1.82, 2.24) is 0 Å². The van der Waals surface area contributed by atoms with E-state index in [4.69, 9.17) is 4.74 Å². The van der Waals surface area contributed by atoms with Gasteiger partial charge >= 0.3 is 5.97 Å². The van der Waals surface area contributed by atoms with Gasteiger partial charge in [-0.15, -0.1) is 0 Å². The molecule has 1 aliphatic rings. The fourth-order valence-electron chi connectivity index (χ4n) is 2.34. The van der Waals surface area contributed by atoms with Crippen molar-refractivity contribution in [2.24, 2.45) is 5.92 Å². The third kappa shape index (κ3) is 3.19. The summed E-state index contributed by atoms with van der Waals surface area (Å²) in [6.07, 6.45) is 0.909. The largest absolute Gasteiger partial charge is 0.466 e. The van der Waals surface area contributed by atoms with Gasteiger partial charge in [-0.2, -0.15) is 0 Å². The molecule has 0 amide bonds. The molecule has 19 heavy (non-hydrogen) atoms. The van der Waals surface area contributed by atoms with E-state index in [2.05, 4.69) is 54.9 Å².